The molecule has 0 atom stereocenters. The highest BCUT2D eigenvalue weighted by atomic mass is 35.5. The maximum Gasteiger partial charge on any atom is 0.329 e. The average Bonchev–Trinajstić information content (AvgIpc) is 3.19. The van der Waals surface area contributed by atoms with Gasteiger partial charge >= 0.3 is 5.69 Å². The molecule has 0 amide bonds. The van der Waals surface area contributed by atoms with Crippen molar-refractivity contribution in [2.45, 2.75) is 25.4 Å². The van der Waals surface area contributed by atoms with E-state index in [0.29, 0.717) is 12.5 Å². The van der Waals surface area contributed by atoms with Gasteiger partial charge in [-0.1, -0.05) is 11.6 Å². The number of thiophene rings is 1. The summed E-state index contributed by atoms with van der Waals surface area (Å²) in [4.78, 5) is 21.9. The van der Waals surface area contributed by atoms with Crippen molar-refractivity contribution in [3.8, 4) is 0 Å². The van der Waals surface area contributed by atoms with Crippen LogP contribution < -0.4 is 10.2 Å². The Morgan fingerprint density at radius 2 is 2.32 bits per heavy atom. The fraction of sp³-hybridized carbons (Fsp3) is 0.385. The number of nitrogens with one attached hydrogen (secondary N) is 1. The molecule has 2 aromatic rings. The molecule has 0 unspecified atom stereocenters. The van der Waals surface area contributed by atoms with Gasteiger partial charge in [0.1, 0.15) is 6.20 Å². The van der Waals surface area contributed by atoms with E-state index in [9.17, 15) is 10.1 Å². The molecule has 1 aliphatic rings. The zero-order valence-electron chi connectivity index (χ0n) is 11.8. The molecule has 9 heteroatoms. The van der Waals surface area contributed by atoms with Gasteiger partial charge in [-0.15, -0.1) is 11.3 Å². The molecular formula is C13H14ClN5O2S. The normalized spacial score (nSPS) is 13.9. The van der Waals surface area contributed by atoms with Crippen LogP contribution in [0.1, 0.15) is 17.7 Å². The third-order valence-electron chi connectivity index (χ3n) is 3.23. The number of nitro groups is 1. The van der Waals surface area contributed by atoms with Gasteiger partial charge in [0, 0.05) is 18.0 Å². The highest BCUT2D eigenvalue weighted by molar-refractivity contribution is 7.16. The monoisotopic (exact) mass is 339 g/mol. The molecule has 0 spiro atoms. The van der Waals surface area contributed by atoms with Gasteiger partial charge in [-0.25, -0.2) is 4.98 Å². The van der Waals surface area contributed by atoms with Crippen LogP contribution in [0, 0.1) is 10.1 Å². The van der Waals surface area contributed by atoms with Crippen molar-refractivity contribution in [3.05, 3.63) is 37.7 Å². The first kappa shape index (κ1) is 15.0. The lowest BCUT2D eigenvalue weighted by atomic mass is 10.4. The molecule has 0 radical (unpaired) electrons. The lowest BCUT2D eigenvalue weighted by Crippen LogP contribution is -2.19. The topological polar surface area (TPSA) is 84.2 Å². The molecule has 22 heavy (non-hydrogen) atoms. The fourth-order valence-electron chi connectivity index (χ4n) is 1.95. The first-order valence-corrected chi connectivity index (χ1v) is 7.95. The van der Waals surface area contributed by atoms with E-state index in [0.717, 1.165) is 22.1 Å². The minimum Gasteiger partial charge on any atom is -0.361 e. The van der Waals surface area contributed by atoms with Crippen LogP contribution in [0.3, 0.4) is 0 Å². The third-order valence-corrected chi connectivity index (χ3v) is 4.45. The van der Waals surface area contributed by atoms with E-state index < -0.39 is 4.92 Å². The molecule has 1 aliphatic carbocycles. The predicted molar refractivity (Wildman–Crippen MR) is 86.8 cm³/mol. The van der Waals surface area contributed by atoms with Crippen LogP contribution in [0.2, 0.25) is 4.34 Å². The van der Waals surface area contributed by atoms with Gasteiger partial charge in [-0.2, -0.15) is 4.98 Å². The Morgan fingerprint density at radius 1 is 1.55 bits per heavy atom. The number of halogens is 1. The molecule has 2 aromatic heterocycles. The zero-order valence-corrected chi connectivity index (χ0v) is 13.4. The van der Waals surface area contributed by atoms with Crippen LogP contribution in [0.15, 0.2) is 18.3 Å². The van der Waals surface area contributed by atoms with Crippen molar-refractivity contribution in [3.63, 3.8) is 0 Å². The highest BCUT2D eigenvalue weighted by Crippen LogP contribution is 2.30. The first-order valence-electron chi connectivity index (χ1n) is 6.76. The van der Waals surface area contributed by atoms with Crippen LogP contribution in [0.5, 0.6) is 0 Å². The zero-order chi connectivity index (χ0) is 15.7. The molecule has 0 bridgehead atoms. The van der Waals surface area contributed by atoms with Crippen LogP contribution in [-0.4, -0.2) is 28.0 Å². The second kappa shape index (κ2) is 6.05. The molecule has 0 aromatic carbocycles. The Bertz CT molecular complexity index is 703. The molecule has 1 saturated carbocycles. The van der Waals surface area contributed by atoms with Crippen molar-refractivity contribution in [1.82, 2.24) is 9.97 Å². The number of hydrogen-bond acceptors (Lipinski definition) is 7. The van der Waals surface area contributed by atoms with Gasteiger partial charge in [0.2, 0.25) is 11.8 Å². The molecule has 7 nitrogen and oxygen atoms in total. The minimum atomic E-state index is -0.465. The molecule has 1 N–H and O–H groups in total. The lowest BCUT2D eigenvalue weighted by molar-refractivity contribution is -0.384. The molecular weight excluding hydrogens is 326 g/mol. The lowest BCUT2D eigenvalue weighted by Gasteiger charge is -2.16. The van der Waals surface area contributed by atoms with E-state index in [1.807, 2.05) is 24.1 Å². The minimum absolute atomic E-state index is 0.0942. The standard InChI is InChI=1S/C13H14ClN5O2S/c1-18(7-9-4-5-11(14)22-9)13-15-6-10(19(20)21)12(17-13)16-8-2-3-8/h4-6,8H,2-3,7H2,1H3,(H,15,16,17). The van der Waals surface area contributed by atoms with Crippen LogP contribution in [-0.2, 0) is 6.54 Å². The Hall–Kier alpha value is -1.93. The molecule has 3 rings (SSSR count). The van der Waals surface area contributed by atoms with Gasteiger partial charge in [-0.3, -0.25) is 10.1 Å². The summed E-state index contributed by atoms with van der Waals surface area (Å²) in [6.45, 7) is 0.595. The van der Waals surface area contributed by atoms with Crippen molar-refractivity contribution in [2.75, 3.05) is 17.3 Å². The SMILES string of the molecule is CN(Cc1ccc(Cl)s1)c1ncc([N+](=O)[O-])c(NC2CC2)n1. The maximum atomic E-state index is 11.1. The predicted octanol–water partition coefficient (Wildman–Crippen LogP) is 3.31. The van der Waals surface area contributed by atoms with Crippen LogP contribution in [0.25, 0.3) is 0 Å². The van der Waals surface area contributed by atoms with E-state index in [2.05, 4.69) is 15.3 Å². The summed E-state index contributed by atoms with van der Waals surface area (Å²) in [6.07, 6.45) is 3.28. The van der Waals surface area contributed by atoms with Gasteiger partial charge in [0.25, 0.3) is 0 Å². The van der Waals surface area contributed by atoms with Gasteiger partial charge in [0.05, 0.1) is 15.8 Å². The van der Waals surface area contributed by atoms with E-state index in [4.69, 9.17) is 11.6 Å². The average molecular weight is 340 g/mol. The van der Waals surface area contributed by atoms with Crippen molar-refractivity contribution in [1.29, 1.82) is 0 Å². The van der Waals surface area contributed by atoms with Crippen molar-refractivity contribution < 1.29 is 4.92 Å². The fourth-order valence-corrected chi connectivity index (χ4v) is 3.09. The summed E-state index contributed by atoms with van der Waals surface area (Å²) >= 11 is 7.41. The van der Waals surface area contributed by atoms with Crippen LogP contribution in [0.4, 0.5) is 17.5 Å². The summed E-state index contributed by atoms with van der Waals surface area (Å²) < 4.78 is 0.726. The van der Waals surface area contributed by atoms with Crippen molar-refractivity contribution >= 4 is 40.4 Å². The second-order valence-electron chi connectivity index (χ2n) is 5.14. The molecule has 0 saturated heterocycles. The number of nitrogens with zero attached hydrogens (tertiary/aromatic N) is 4. The summed E-state index contributed by atoms with van der Waals surface area (Å²) in [5, 5.41) is 14.1. The summed E-state index contributed by atoms with van der Waals surface area (Å²) in [7, 11) is 1.84. The summed E-state index contributed by atoms with van der Waals surface area (Å²) in [5.41, 5.74) is -0.0942. The third kappa shape index (κ3) is 3.45. The van der Waals surface area contributed by atoms with Crippen LogP contribution >= 0.6 is 22.9 Å². The first-order chi connectivity index (χ1) is 10.5. The Balaban J connectivity index is 1.81. The molecule has 1 fully saturated rings. The molecule has 116 valence electrons. The van der Waals surface area contributed by atoms with Gasteiger partial charge < -0.3 is 10.2 Å². The van der Waals surface area contributed by atoms with E-state index in [1.54, 1.807) is 0 Å². The van der Waals surface area contributed by atoms with Gasteiger partial charge in [-0.05, 0) is 25.0 Å². The summed E-state index contributed by atoms with van der Waals surface area (Å²) in [5.74, 6) is 0.729. The van der Waals surface area contributed by atoms with E-state index >= 15 is 0 Å². The number of hydrogen-bond donors (Lipinski definition) is 1. The highest BCUT2D eigenvalue weighted by Gasteiger charge is 2.27. The van der Waals surface area contributed by atoms with E-state index in [1.165, 1.54) is 17.5 Å². The quantitative estimate of drug-likeness (QED) is 0.642. The number of aromatic nitrogens is 2. The largest absolute Gasteiger partial charge is 0.361 e. The van der Waals surface area contributed by atoms with E-state index in [-0.39, 0.29) is 17.5 Å². The Labute approximate surface area is 136 Å². The Morgan fingerprint density at radius 3 is 2.91 bits per heavy atom. The number of anilines is 2. The number of rotatable bonds is 6. The summed E-state index contributed by atoms with van der Waals surface area (Å²) in [6, 6.07) is 4.06. The second-order valence-corrected chi connectivity index (χ2v) is 6.94. The maximum absolute atomic E-state index is 11.1. The smallest absolute Gasteiger partial charge is 0.329 e. The molecule has 0 aliphatic heterocycles. The Kier molecular flexibility index (Phi) is 4.12. The molecule has 2 heterocycles. The van der Waals surface area contributed by atoms with Gasteiger partial charge in [0.15, 0.2) is 0 Å². The van der Waals surface area contributed by atoms with Crippen molar-refractivity contribution in [2.24, 2.45) is 0 Å².